The normalized spacial score (nSPS) is 16.6. The molecule has 1 aliphatic rings. The van der Waals surface area contributed by atoms with Gasteiger partial charge in [0.15, 0.2) is 0 Å². The molecule has 0 unspecified atom stereocenters. The van der Waals surface area contributed by atoms with Gasteiger partial charge in [0.05, 0.1) is 11.0 Å². The molecule has 2 amide bonds. The van der Waals surface area contributed by atoms with Gasteiger partial charge in [-0.3, -0.25) is 9.59 Å². The molecule has 132 valence electrons. The fraction of sp³-hybridized carbons (Fsp3) is 0.400. The van der Waals surface area contributed by atoms with E-state index in [2.05, 4.69) is 11.4 Å². The first-order valence-electron chi connectivity index (χ1n) is 8.59. The van der Waals surface area contributed by atoms with Gasteiger partial charge in [0.1, 0.15) is 0 Å². The number of amides is 2. The van der Waals surface area contributed by atoms with Gasteiger partial charge in [-0.05, 0) is 43.0 Å². The minimum absolute atomic E-state index is 0.168. The number of hydrogen-bond donors (Lipinski definition) is 2. The van der Waals surface area contributed by atoms with Crippen LogP contribution in [0.15, 0.2) is 30.3 Å². The molecule has 3 N–H and O–H groups in total. The van der Waals surface area contributed by atoms with Crippen LogP contribution in [0.4, 0.5) is 0 Å². The van der Waals surface area contributed by atoms with Gasteiger partial charge in [0.25, 0.3) is 5.91 Å². The molecule has 2 aromatic rings. The van der Waals surface area contributed by atoms with E-state index in [9.17, 15) is 9.59 Å². The van der Waals surface area contributed by atoms with Gasteiger partial charge < -0.3 is 15.8 Å². The minimum Gasteiger partial charge on any atom is -0.381 e. The number of fused-ring (bicyclic) bond motifs is 1. The lowest BCUT2D eigenvalue weighted by Crippen LogP contribution is -2.49. The number of carbonyl (C=O) groups excluding carboxylic acids is 2. The predicted molar refractivity (Wildman–Crippen MR) is 97.4 cm³/mol. The van der Waals surface area contributed by atoms with Crippen LogP contribution in [0.1, 0.15) is 34.3 Å². The molecule has 0 aliphatic carbocycles. The number of carbonyl (C=O) groups is 2. The highest BCUT2D eigenvalue weighted by molar-refractivity contribution is 6.08. The molecule has 0 radical (unpaired) electrons. The Hall–Kier alpha value is -2.40. The van der Waals surface area contributed by atoms with Gasteiger partial charge in [-0.2, -0.15) is 0 Å². The van der Waals surface area contributed by atoms with Crippen LogP contribution in [0, 0.1) is 19.3 Å². The quantitative estimate of drug-likeness (QED) is 0.897. The number of nitrogens with two attached hydrogens (primary N) is 1. The number of nitrogens with one attached hydrogen (secondary N) is 1. The van der Waals surface area contributed by atoms with E-state index in [-0.39, 0.29) is 18.4 Å². The molecule has 0 saturated carbocycles. The second-order valence-corrected chi connectivity index (χ2v) is 6.92. The first-order chi connectivity index (χ1) is 11.9. The van der Waals surface area contributed by atoms with Gasteiger partial charge in [-0.1, -0.05) is 35.9 Å². The van der Waals surface area contributed by atoms with Crippen LogP contribution in [-0.2, 0) is 9.53 Å². The maximum absolute atomic E-state index is 12.9. The Morgan fingerprint density at radius 1 is 1.16 bits per heavy atom. The van der Waals surface area contributed by atoms with E-state index in [4.69, 9.17) is 10.5 Å². The summed E-state index contributed by atoms with van der Waals surface area (Å²) in [5.74, 6) is -0.541. The van der Waals surface area contributed by atoms with E-state index in [1.54, 1.807) is 0 Å². The Kier molecular flexibility index (Phi) is 4.77. The van der Waals surface area contributed by atoms with E-state index >= 15 is 0 Å². The van der Waals surface area contributed by atoms with E-state index in [0.29, 0.717) is 31.6 Å². The van der Waals surface area contributed by atoms with Crippen molar-refractivity contribution in [1.82, 2.24) is 5.32 Å². The summed E-state index contributed by atoms with van der Waals surface area (Å²) in [6.07, 6.45) is 1.08. The topological polar surface area (TPSA) is 81.4 Å². The SMILES string of the molecule is Cc1ccc2c(C(=O)NCC3(C(N)=O)CCOCC3)c(C)ccc2c1. The lowest BCUT2D eigenvalue weighted by Gasteiger charge is -2.34. The van der Waals surface area contributed by atoms with Crippen molar-refractivity contribution < 1.29 is 14.3 Å². The molecule has 0 spiro atoms. The Labute approximate surface area is 147 Å². The summed E-state index contributed by atoms with van der Waals surface area (Å²) >= 11 is 0. The first kappa shape index (κ1) is 17.4. The molecule has 0 atom stereocenters. The number of hydrogen-bond acceptors (Lipinski definition) is 3. The van der Waals surface area contributed by atoms with Crippen molar-refractivity contribution in [3.63, 3.8) is 0 Å². The number of benzene rings is 2. The van der Waals surface area contributed by atoms with Gasteiger partial charge in [0.2, 0.25) is 5.91 Å². The number of ether oxygens (including phenoxy) is 1. The summed E-state index contributed by atoms with van der Waals surface area (Å²) in [4.78, 5) is 24.8. The van der Waals surface area contributed by atoms with Crippen molar-refractivity contribution in [2.45, 2.75) is 26.7 Å². The summed E-state index contributed by atoms with van der Waals surface area (Å²) < 4.78 is 5.33. The second kappa shape index (κ2) is 6.84. The van der Waals surface area contributed by atoms with Crippen LogP contribution < -0.4 is 11.1 Å². The van der Waals surface area contributed by atoms with Crippen LogP contribution in [0.5, 0.6) is 0 Å². The van der Waals surface area contributed by atoms with Gasteiger partial charge in [-0.15, -0.1) is 0 Å². The van der Waals surface area contributed by atoms with E-state index < -0.39 is 5.41 Å². The molecule has 25 heavy (non-hydrogen) atoms. The monoisotopic (exact) mass is 340 g/mol. The van der Waals surface area contributed by atoms with E-state index in [1.165, 1.54) is 0 Å². The third-order valence-electron chi connectivity index (χ3n) is 5.17. The molecular weight excluding hydrogens is 316 g/mol. The van der Waals surface area contributed by atoms with E-state index in [1.807, 2.05) is 38.1 Å². The highest BCUT2D eigenvalue weighted by Crippen LogP contribution is 2.30. The lowest BCUT2D eigenvalue weighted by molar-refractivity contribution is -0.132. The average molecular weight is 340 g/mol. The molecular formula is C20H24N2O3. The number of primary amides is 1. The maximum Gasteiger partial charge on any atom is 0.252 e. The van der Waals surface area contributed by atoms with E-state index in [0.717, 1.165) is 21.9 Å². The summed E-state index contributed by atoms with van der Waals surface area (Å²) in [6.45, 7) is 5.18. The molecule has 5 nitrogen and oxygen atoms in total. The van der Waals surface area contributed by atoms with Crippen LogP contribution in [-0.4, -0.2) is 31.6 Å². The molecule has 1 saturated heterocycles. The highest BCUT2D eigenvalue weighted by Gasteiger charge is 2.38. The lowest BCUT2D eigenvalue weighted by atomic mass is 9.79. The summed E-state index contributed by atoms with van der Waals surface area (Å²) in [6, 6.07) is 10.0. The van der Waals surface area contributed by atoms with Crippen molar-refractivity contribution in [2.24, 2.45) is 11.1 Å². The third-order valence-corrected chi connectivity index (χ3v) is 5.17. The second-order valence-electron chi connectivity index (χ2n) is 6.92. The molecule has 1 heterocycles. The van der Waals surface area contributed by atoms with Gasteiger partial charge >= 0.3 is 0 Å². The molecule has 1 aliphatic heterocycles. The highest BCUT2D eigenvalue weighted by atomic mass is 16.5. The average Bonchev–Trinajstić information content (AvgIpc) is 2.60. The smallest absolute Gasteiger partial charge is 0.252 e. The van der Waals surface area contributed by atoms with Crippen LogP contribution in [0.3, 0.4) is 0 Å². The fourth-order valence-electron chi connectivity index (χ4n) is 3.47. The largest absolute Gasteiger partial charge is 0.381 e. The summed E-state index contributed by atoms with van der Waals surface area (Å²) in [5.41, 5.74) is 7.62. The number of aryl methyl sites for hydroxylation is 2. The fourth-order valence-corrected chi connectivity index (χ4v) is 3.47. The summed E-state index contributed by atoms with van der Waals surface area (Å²) in [7, 11) is 0. The zero-order chi connectivity index (χ0) is 18.0. The molecule has 2 aromatic carbocycles. The molecule has 0 bridgehead atoms. The number of rotatable bonds is 4. The van der Waals surface area contributed by atoms with Crippen molar-refractivity contribution in [3.8, 4) is 0 Å². The van der Waals surface area contributed by atoms with Crippen molar-refractivity contribution in [1.29, 1.82) is 0 Å². The standard InChI is InChI=1S/C20H24N2O3/c1-13-3-6-16-15(11-13)5-4-14(2)17(16)18(23)22-12-20(19(21)24)7-9-25-10-8-20/h3-6,11H,7-10,12H2,1-2H3,(H2,21,24)(H,22,23). The van der Waals surface area contributed by atoms with Crippen molar-refractivity contribution >= 4 is 22.6 Å². The predicted octanol–water partition coefficient (Wildman–Crippen LogP) is 2.47. The Bertz CT molecular complexity index is 823. The van der Waals surface area contributed by atoms with Crippen molar-refractivity contribution in [2.75, 3.05) is 19.8 Å². The Morgan fingerprint density at radius 2 is 1.88 bits per heavy atom. The summed E-state index contributed by atoms with van der Waals surface area (Å²) in [5, 5.41) is 4.90. The zero-order valence-electron chi connectivity index (χ0n) is 14.7. The first-order valence-corrected chi connectivity index (χ1v) is 8.59. The molecule has 5 heteroatoms. The van der Waals surface area contributed by atoms with Gasteiger partial charge in [0, 0.05) is 19.8 Å². The maximum atomic E-state index is 12.9. The molecule has 3 rings (SSSR count). The van der Waals surface area contributed by atoms with Crippen LogP contribution in [0.2, 0.25) is 0 Å². The third kappa shape index (κ3) is 3.37. The van der Waals surface area contributed by atoms with Crippen LogP contribution in [0.25, 0.3) is 10.8 Å². The Morgan fingerprint density at radius 3 is 2.56 bits per heavy atom. The molecule has 0 aromatic heterocycles. The molecule has 1 fully saturated rings. The van der Waals surface area contributed by atoms with Crippen molar-refractivity contribution in [3.05, 3.63) is 47.0 Å². The van der Waals surface area contributed by atoms with Gasteiger partial charge in [-0.25, -0.2) is 0 Å². The van der Waals surface area contributed by atoms with Crippen LogP contribution >= 0.6 is 0 Å². The minimum atomic E-state index is -0.719. The zero-order valence-corrected chi connectivity index (χ0v) is 14.7. The Balaban J connectivity index is 1.87.